The topological polar surface area (TPSA) is 63.3 Å². The highest BCUT2D eigenvalue weighted by atomic mass is 32.2. The minimum absolute atomic E-state index is 0.0386. The smallest absolute Gasteiger partial charge is 0.192 e. The van der Waals surface area contributed by atoms with E-state index in [0.29, 0.717) is 5.56 Å². The maximum absolute atomic E-state index is 11.4. The number of aliphatic hydroxyl groups is 1. The van der Waals surface area contributed by atoms with Gasteiger partial charge in [0.2, 0.25) is 0 Å². The molecule has 1 atom stereocenters. The van der Waals surface area contributed by atoms with Crippen LogP contribution in [-0.4, -0.2) is 29.8 Å². The number of ketones is 1. The van der Waals surface area contributed by atoms with Crippen LogP contribution in [0.3, 0.4) is 0 Å². The van der Waals surface area contributed by atoms with Crippen molar-refractivity contribution in [1.29, 1.82) is 0 Å². The fourth-order valence-corrected chi connectivity index (χ4v) is 1.46. The third-order valence-corrected chi connectivity index (χ3v) is 2.64. The molecule has 76 valence electrons. The van der Waals surface area contributed by atoms with E-state index < -0.39 is 6.10 Å². The lowest BCUT2D eigenvalue weighted by atomic mass is 10.1. The van der Waals surface area contributed by atoms with E-state index in [1.165, 1.54) is 0 Å². The molecule has 0 amide bonds. The maximum atomic E-state index is 11.4. The standard InChI is InChI=1S/C10H13NO2S/c1-14-8-4-2-7(3-5-8)10(13)9(12)6-11/h2-5,9,12H,6,11H2,1H3. The SMILES string of the molecule is CSc1ccc(C(=O)C(O)CN)cc1. The molecule has 0 bridgehead atoms. The monoisotopic (exact) mass is 211 g/mol. The van der Waals surface area contributed by atoms with Gasteiger partial charge in [-0.3, -0.25) is 4.79 Å². The lowest BCUT2D eigenvalue weighted by Crippen LogP contribution is -2.29. The fourth-order valence-electron chi connectivity index (χ4n) is 1.05. The third kappa shape index (κ3) is 2.57. The number of aliphatic hydroxyl groups excluding tert-OH is 1. The molecule has 0 aromatic heterocycles. The summed E-state index contributed by atoms with van der Waals surface area (Å²) in [7, 11) is 0. The normalized spacial score (nSPS) is 12.5. The van der Waals surface area contributed by atoms with Gasteiger partial charge in [0.15, 0.2) is 5.78 Å². The van der Waals surface area contributed by atoms with E-state index in [1.807, 2.05) is 18.4 Å². The van der Waals surface area contributed by atoms with Gasteiger partial charge in [-0.05, 0) is 18.4 Å². The molecule has 0 radical (unpaired) electrons. The largest absolute Gasteiger partial charge is 0.384 e. The Labute approximate surface area is 87.3 Å². The van der Waals surface area contributed by atoms with Crippen molar-refractivity contribution in [2.24, 2.45) is 5.73 Å². The first-order valence-corrected chi connectivity index (χ1v) is 5.48. The van der Waals surface area contributed by atoms with Crippen LogP contribution in [0.4, 0.5) is 0 Å². The number of carbonyl (C=O) groups excluding carboxylic acids is 1. The highest BCUT2D eigenvalue weighted by Gasteiger charge is 2.14. The molecule has 3 N–H and O–H groups in total. The Bertz CT molecular complexity index is 310. The molecule has 1 aromatic rings. The molecule has 14 heavy (non-hydrogen) atoms. The average molecular weight is 211 g/mol. The summed E-state index contributed by atoms with van der Waals surface area (Å²) in [4.78, 5) is 12.5. The number of hydrogen-bond donors (Lipinski definition) is 2. The Balaban J connectivity index is 2.81. The molecule has 0 heterocycles. The second kappa shape index (κ2) is 5.14. The average Bonchev–Trinajstić information content (AvgIpc) is 2.27. The zero-order valence-corrected chi connectivity index (χ0v) is 8.75. The lowest BCUT2D eigenvalue weighted by molar-refractivity contribution is 0.0763. The van der Waals surface area contributed by atoms with Crippen LogP contribution in [0.15, 0.2) is 29.2 Å². The summed E-state index contributed by atoms with van der Waals surface area (Å²) in [5.41, 5.74) is 5.69. The molecule has 3 nitrogen and oxygen atoms in total. The van der Waals surface area contributed by atoms with Gasteiger partial charge in [0.25, 0.3) is 0 Å². The molecular formula is C10H13NO2S. The molecule has 0 fully saturated rings. The fraction of sp³-hybridized carbons (Fsp3) is 0.300. The molecular weight excluding hydrogens is 198 g/mol. The van der Waals surface area contributed by atoms with E-state index in [4.69, 9.17) is 5.73 Å². The van der Waals surface area contributed by atoms with Gasteiger partial charge in [-0.15, -0.1) is 11.8 Å². The van der Waals surface area contributed by atoms with Crippen LogP contribution in [0, 0.1) is 0 Å². The Hall–Kier alpha value is -0.840. The Morgan fingerprint density at radius 2 is 2.07 bits per heavy atom. The summed E-state index contributed by atoms with van der Waals surface area (Å²) in [6.07, 6.45) is 0.876. The van der Waals surface area contributed by atoms with Crippen LogP contribution < -0.4 is 5.73 Å². The molecule has 0 aliphatic carbocycles. The highest BCUT2D eigenvalue weighted by molar-refractivity contribution is 7.98. The zero-order chi connectivity index (χ0) is 10.6. The number of rotatable bonds is 4. The molecule has 4 heteroatoms. The first-order valence-electron chi connectivity index (χ1n) is 4.25. The van der Waals surface area contributed by atoms with Crippen LogP contribution in [0.1, 0.15) is 10.4 Å². The van der Waals surface area contributed by atoms with E-state index >= 15 is 0 Å². The van der Waals surface area contributed by atoms with Crippen LogP contribution >= 0.6 is 11.8 Å². The van der Waals surface area contributed by atoms with Crippen LogP contribution in [-0.2, 0) is 0 Å². The minimum Gasteiger partial charge on any atom is -0.384 e. The zero-order valence-electron chi connectivity index (χ0n) is 7.93. The number of hydrogen-bond acceptors (Lipinski definition) is 4. The Kier molecular flexibility index (Phi) is 4.13. The van der Waals surface area contributed by atoms with E-state index in [9.17, 15) is 9.90 Å². The van der Waals surface area contributed by atoms with Gasteiger partial charge in [-0.1, -0.05) is 12.1 Å². The molecule has 0 saturated heterocycles. The number of thioether (sulfide) groups is 1. The molecule has 1 unspecified atom stereocenters. The molecule has 0 saturated carbocycles. The minimum atomic E-state index is -1.09. The number of benzene rings is 1. The quantitative estimate of drug-likeness (QED) is 0.574. The predicted molar refractivity (Wildman–Crippen MR) is 57.6 cm³/mol. The first kappa shape index (κ1) is 11.2. The molecule has 0 spiro atoms. The van der Waals surface area contributed by atoms with E-state index in [1.54, 1.807) is 23.9 Å². The highest BCUT2D eigenvalue weighted by Crippen LogP contribution is 2.15. The van der Waals surface area contributed by atoms with Gasteiger partial charge in [-0.2, -0.15) is 0 Å². The van der Waals surface area contributed by atoms with Crippen LogP contribution in [0.25, 0.3) is 0 Å². The number of Topliss-reactive ketones (excluding diaryl/α,β-unsaturated/α-hetero) is 1. The summed E-state index contributed by atoms with van der Waals surface area (Å²) in [6, 6.07) is 7.10. The van der Waals surface area contributed by atoms with Crippen molar-refractivity contribution in [2.75, 3.05) is 12.8 Å². The summed E-state index contributed by atoms with van der Waals surface area (Å²) in [6.45, 7) is -0.0386. The Morgan fingerprint density at radius 1 is 1.50 bits per heavy atom. The first-order chi connectivity index (χ1) is 6.69. The van der Waals surface area contributed by atoms with Crippen LogP contribution in [0.2, 0.25) is 0 Å². The van der Waals surface area contributed by atoms with E-state index in [2.05, 4.69) is 0 Å². The third-order valence-electron chi connectivity index (χ3n) is 1.90. The van der Waals surface area contributed by atoms with Crippen molar-refractivity contribution in [3.05, 3.63) is 29.8 Å². The van der Waals surface area contributed by atoms with E-state index in [0.717, 1.165) is 4.90 Å². The second-order valence-electron chi connectivity index (χ2n) is 2.84. The molecule has 1 aromatic carbocycles. The molecule has 0 aliphatic heterocycles. The molecule has 1 rings (SSSR count). The van der Waals surface area contributed by atoms with Crippen LogP contribution in [0.5, 0.6) is 0 Å². The maximum Gasteiger partial charge on any atom is 0.192 e. The second-order valence-corrected chi connectivity index (χ2v) is 3.72. The van der Waals surface area contributed by atoms with Gasteiger partial charge in [-0.25, -0.2) is 0 Å². The van der Waals surface area contributed by atoms with Crippen molar-refractivity contribution < 1.29 is 9.90 Å². The summed E-state index contributed by atoms with van der Waals surface area (Å²) in [5, 5.41) is 9.23. The number of nitrogens with two attached hydrogens (primary N) is 1. The van der Waals surface area contributed by atoms with Gasteiger partial charge in [0.05, 0.1) is 0 Å². The predicted octanol–water partition coefficient (Wildman–Crippen LogP) is 0.911. The number of carbonyl (C=O) groups is 1. The summed E-state index contributed by atoms with van der Waals surface area (Å²) >= 11 is 1.60. The van der Waals surface area contributed by atoms with E-state index in [-0.39, 0.29) is 12.3 Å². The lowest BCUT2D eigenvalue weighted by Gasteiger charge is -2.06. The Morgan fingerprint density at radius 3 is 2.50 bits per heavy atom. The van der Waals surface area contributed by atoms with Gasteiger partial charge in [0, 0.05) is 17.0 Å². The van der Waals surface area contributed by atoms with Gasteiger partial charge in [0.1, 0.15) is 6.10 Å². The van der Waals surface area contributed by atoms with Crippen molar-refractivity contribution >= 4 is 17.5 Å². The van der Waals surface area contributed by atoms with Crippen molar-refractivity contribution in [1.82, 2.24) is 0 Å². The summed E-state index contributed by atoms with van der Waals surface area (Å²) < 4.78 is 0. The van der Waals surface area contributed by atoms with Crippen molar-refractivity contribution in [2.45, 2.75) is 11.0 Å². The van der Waals surface area contributed by atoms with Gasteiger partial charge < -0.3 is 10.8 Å². The molecule has 0 aliphatic rings. The van der Waals surface area contributed by atoms with Crippen molar-refractivity contribution in [3.63, 3.8) is 0 Å². The summed E-state index contributed by atoms with van der Waals surface area (Å²) in [5.74, 6) is -0.319. The van der Waals surface area contributed by atoms with Crippen molar-refractivity contribution in [3.8, 4) is 0 Å². The van der Waals surface area contributed by atoms with Gasteiger partial charge >= 0.3 is 0 Å².